The Hall–Kier alpha value is -0.940. The van der Waals surface area contributed by atoms with Crippen LogP contribution in [0.3, 0.4) is 0 Å². The van der Waals surface area contributed by atoms with Crippen molar-refractivity contribution in [3.63, 3.8) is 0 Å². The highest BCUT2D eigenvalue weighted by Crippen LogP contribution is 2.36. The van der Waals surface area contributed by atoms with Gasteiger partial charge < -0.3 is 14.8 Å². The number of carboxylic acid groups (broad SMARTS) is 1. The van der Waals surface area contributed by atoms with Gasteiger partial charge in [0.1, 0.15) is 11.3 Å². The lowest BCUT2D eigenvalue weighted by atomic mass is 10.1. The summed E-state index contributed by atoms with van der Waals surface area (Å²) < 4.78 is 5.46. The van der Waals surface area contributed by atoms with Gasteiger partial charge in [-0.2, -0.15) is 11.8 Å². The molecule has 0 bridgehead atoms. The number of rotatable bonds is 5. The van der Waals surface area contributed by atoms with Gasteiger partial charge in [0.25, 0.3) is 0 Å². The molecular formula is C12H17NO3S. The van der Waals surface area contributed by atoms with Gasteiger partial charge in [-0.1, -0.05) is 0 Å². The third kappa shape index (κ3) is 3.04. The Labute approximate surface area is 105 Å². The quantitative estimate of drug-likeness (QED) is 0.845. The van der Waals surface area contributed by atoms with Gasteiger partial charge in [-0.05, 0) is 31.6 Å². The first kappa shape index (κ1) is 12.5. The van der Waals surface area contributed by atoms with E-state index in [4.69, 9.17) is 9.52 Å². The van der Waals surface area contributed by atoms with Crippen molar-refractivity contribution in [2.24, 2.45) is 0 Å². The van der Waals surface area contributed by atoms with Gasteiger partial charge in [0.2, 0.25) is 0 Å². The number of hydrogen-bond donors (Lipinski definition) is 2. The molecule has 4 nitrogen and oxygen atoms in total. The molecule has 0 aliphatic carbocycles. The van der Waals surface area contributed by atoms with Crippen LogP contribution in [-0.2, 0) is 6.54 Å². The maximum atomic E-state index is 10.9. The summed E-state index contributed by atoms with van der Waals surface area (Å²) in [5.41, 5.74) is 0.252. The number of carboxylic acids is 1. The van der Waals surface area contributed by atoms with Crippen LogP contribution in [0.2, 0.25) is 0 Å². The Bertz CT molecular complexity index is 396. The molecule has 1 fully saturated rings. The van der Waals surface area contributed by atoms with Gasteiger partial charge in [-0.15, -0.1) is 0 Å². The number of nitrogens with one attached hydrogen (secondary N) is 1. The molecular weight excluding hydrogens is 238 g/mol. The van der Waals surface area contributed by atoms with Crippen LogP contribution in [0.4, 0.5) is 0 Å². The lowest BCUT2D eigenvalue weighted by molar-refractivity contribution is 0.0694. The van der Waals surface area contributed by atoms with Crippen molar-refractivity contribution in [1.29, 1.82) is 0 Å². The van der Waals surface area contributed by atoms with Gasteiger partial charge >= 0.3 is 5.97 Å². The number of thioether (sulfide) groups is 1. The Morgan fingerprint density at radius 2 is 2.53 bits per heavy atom. The average molecular weight is 255 g/mol. The zero-order chi connectivity index (χ0) is 12.3. The third-order valence-corrected chi connectivity index (χ3v) is 4.60. The Balaban J connectivity index is 1.85. The van der Waals surface area contributed by atoms with Crippen LogP contribution in [0.15, 0.2) is 16.7 Å². The lowest BCUT2D eigenvalue weighted by Gasteiger charge is -2.22. The lowest BCUT2D eigenvalue weighted by Crippen LogP contribution is -2.32. The molecule has 1 aromatic heterocycles. The monoisotopic (exact) mass is 255 g/mol. The van der Waals surface area contributed by atoms with Crippen molar-refractivity contribution in [3.8, 4) is 0 Å². The molecule has 0 saturated carbocycles. The molecule has 1 saturated heterocycles. The Morgan fingerprint density at radius 3 is 3.18 bits per heavy atom. The largest absolute Gasteiger partial charge is 0.478 e. The van der Waals surface area contributed by atoms with Crippen molar-refractivity contribution in [3.05, 3.63) is 23.7 Å². The van der Waals surface area contributed by atoms with Crippen molar-refractivity contribution in [2.45, 2.75) is 31.1 Å². The van der Waals surface area contributed by atoms with E-state index in [0.29, 0.717) is 12.3 Å². The number of aromatic carboxylic acids is 1. The smallest absolute Gasteiger partial charge is 0.339 e. The summed E-state index contributed by atoms with van der Waals surface area (Å²) in [6.07, 6.45) is 3.91. The summed E-state index contributed by atoms with van der Waals surface area (Å²) in [4.78, 5) is 10.9. The summed E-state index contributed by atoms with van der Waals surface area (Å²) in [5, 5.41) is 12.2. The molecule has 0 amide bonds. The van der Waals surface area contributed by atoms with Gasteiger partial charge in [0.15, 0.2) is 0 Å². The molecule has 2 N–H and O–H groups in total. The highest BCUT2D eigenvalue weighted by atomic mass is 32.2. The minimum atomic E-state index is -0.933. The zero-order valence-corrected chi connectivity index (χ0v) is 10.7. The van der Waals surface area contributed by atoms with E-state index in [0.717, 1.165) is 6.54 Å². The number of carbonyl (C=O) groups is 1. The summed E-state index contributed by atoms with van der Waals surface area (Å²) in [7, 11) is 0. The first-order chi connectivity index (χ1) is 8.11. The van der Waals surface area contributed by atoms with Crippen LogP contribution >= 0.6 is 11.8 Å². The Kier molecular flexibility index (Phi) is 3.79. The first-order valence-electron chi connectivity index (χ1n) is 5.75. The fraction of sp³-hybridized carbons (Fsp3) is 0.583. The van der Waals surface area contributed by atoms with Crippen molar-refractivity contribution >= 4 is 17.7 Å². The van der Waals surface area contributed by atoms with Crippen LogP contribution in [0.5, 0.6) is 0 Å². The van der Waals surface area contributed by atoms with E-state index >= 15 is 0 Å². The third-order valence-electron chi connectivity index (χ3n) is 3.06. The minimum Gasteiger partial charge on any atom is -0.478 e. The van der Waals surface area contributed by atoms with Crippen LogP contribution in [0.1, 0.15) is 35.9 Å². The Morgan fingerprint density at radius 1 is 1.71 bits per heavy atom. The minimum absolute atomic E-state index is 0.252. The van der Waals surface area contributed by atoms with E-state index in [-0.39, 0.29) is 10.3 Å². The molecule has 94 valence electrons. The highest BCUT2D eigenvalue weighted by Gasteiger charge is 2.29. The molecule has 0 spiro atoms. The van der Waals surface area contributed by atoms with Crippen LogP contribution in [0.25, 0.3) is 0 Å². The van der Waals surface area contributed by atoms with Crippen LogP contribution < -0.4 is 5.32 Å². The molecule has 1 atom stereocenters. The SMILES string of the molecule is CC1(CNCc2occc2C(=O)O)CCCS1. The fourth-order valence-corrected chi connectivity index (χ4v) is 3.36. The van der Waals surface area contributed by atoms with Crippen molar-refractivity contribution < 1.29 is 14.3 Å². The second kappa shape index (κ2) is 5.14. The van der Waals surface area contributed by atoms with Gasteiger partial charge in [-0.3, -0.25) is 0 Å². The van der Waals surface area contributed by atoms with Crippen molar-refractivity contribution in [2.75, 3.05) is 12.3 Å². The normalized spacial score (nSPS) is 24.1. The van der Waals surface area contributed by atoms with Crippen LogP contribution in [-0.4, -0.2) is 28.1 Å². The van der Waals surface area contributed by atoms with Crippen molar-refractivity contribution in [1.82, 2.24) is 5.32 Å². The first-order valence-corrected chi connectivity index (χ1v) is 6.74. The second-order valence-electron chi connectivity index (χ2n) is 4.57. The summed E-state index contributed by atoms with van der Waals surface area (Å²) in [5.74, 6) is 0.792. The van der Waals surface area contributed by atoms with Gasteiger partial charge in [-0.25, -0.2) is 4.79 Å². The number of furan rings is 1. The predicted octanol–water partition coefficient (Wildman–Crippen LogP) is 2.35. The molecule has 0 aromatic carbocycles. The summed E-state index contributed by atoms with van der Waals surface area (Å²) in [6.45, 7) is 3.61. The number of hydrogen-bond acceptors (Lipinski definition) is 4. The second-order valence-corrected chi connectivity index (χ2v) is 6.25. The highest BCUT2D eigenvalue weighted by molar-refractivity contribution is 8.00. The molecule has 17 heavy (non-hydrogen) atoms. The zero-order valence-electron chi connectivity index (χ0n) is 9.86. The topological polar surface area (TPSA) is 62.5 Å². The predicted molar refractivity (Wildman–Crippen MR) is 67.5 cm³/mol. The van der Waals surface area contributed by atoms with E-state index in [1.165, 1.54) is 30.9 Å². The summed E-state index contributed by atoms with van der Waals surface area (Å²) >= 11 is 1.98. The molecule has 1 aromatic rings. The summed E-state index contributed by atoms with van der Waals surface area (Å²) in [6, 6.07) is 1.49. The molecule has 2 heterocycles. The molecule has 0 radical (unpaired) electrons. The molecule has 5 heteroatoms. The molecule has 2 rings (SSSR count). The average Bonchev–Trinajstić information content (AvgIpc) is 2.87. The van der Waals surface area contributed by atoms with E-state index in [1.807, 2.05) is 11.8 Å². The van der Waals surface area contributed by atoms with E-state index in [9.17, 15) is 4.79 Å². The fourth-order valence-electron chi connectivity index (χ4n) is 2.08. The maximum absolute atomic E-state index is 10.9. The van der Waals surface area contributed by atoms with Gasteiger partial charge in [0, 0.05) is 11.3 Å². The molecule has 1 aliphatic heterocycles. The van der Waals surface area contributed by atoms with Crippen LogP contribution in [0, 0.1) is 0 Å². The molecule has 1 aliphatic rings. The van der Waals surface area contributed by atoms with E-state index in [1.54, 1.807) is 0 Å². The van der Waals surface area contributed by atoms with Gasteiger partial charge in [0.05, 0.1) is 12.8 Å². The standard InChI is InChI=1S/C12H17NO3S/c1-12(4-2-6-17-12)8-13-7-10-9(11(14)15)3-5-16-10/h3,5,13H,2,4,6-8H2,1H3,(H,14,15). The maximum Gasteiger partial charge on any atom is 0.339 e. The van der Waals surface area contributed by atoms with E-state index in [2.05, 4.69) is 12.2 Å². The molecule has 1 unspecified atom stereocenters. The van der Waals surface area contributed by atoms with E-state index < -0.39 is 5.97 Å².